The normalized spacial score (nSPS) is 17.2. The zero-order valence-corrected chi connectivity index (χ0v) is 12.9. The highest BCUT2D eigenvalue weighted by Gasteiger charge is 2.28. The first-order chi connectivity index (χ1) is 10.2. The standard InChI is InChI=1S/C16H25N3O2/c1-3-11-19(14-6-9-17-10-7-14)16(20)13(2)21-15-5-4-8-18-12-15/h4-5,8,12-14,17H,3,6-7,9-11H2,1-2H3. The maximum Gasteiger partial charge on any atom is 0.263 e. The van der Waals surface area contributed by atoms with Gasteiger partial charge in [0.25, 0.3) is 5.91 Å². The van der Waals surface area contributed by atoms with Crippen molar-refractivity contribution >= 4 is 5.91 Å². The van der Waals surface area contributed by atoms with Gasteiger partial charge < -0.3 is 15.0 Å². The number of aromatic nitrogens is 1. The van der Waals surface area contributed by atoms with Gasteiger partial charge in [-0.1, -0.05) is 6.92 Å². The first-order valence-electron chi connectivity index (χ1n) is 7.80. The van der Waals surface area contributed by atoms with Crippen LogP contribution in [-0.4, -0.2) is 47.6 Å². The van der Waals surface area contributed by atoms with E-state index in [0.717, 1.165) is 38.9 Å². The van der Waals surface area contributed by atoms with Gasteiger partial charge in [-0.25, -0.2) is 0 Å². The number of amides is 1. The lowest BCUT2D eigenvalue weighted by Crippen LogP contribution is -2.50. The van der Waals surface area contributed by atoms with Crippen LogP contribution in [0.4, 0.5) is 0 Å². The van der Waals surface area contributed by atoms with Gasteiger partial charge in [0.1, 0.15) is 5.75 Å². The molecule has 1 saturated heterocycles. The zero-order chi connectivity index (χ0) is 15.1. The van der Waals surface area contributed by atoms with E-state index in [1.54, 1.807) is 12.4 Å². The number of nitrogens with one attached hydrogen (secondary N) is 1. The van der Waals surface area contributed by atoms with Gasteiger partial charge in [-0.15, -0.1) is 0 Å². The SMILES string of the molecule is CCCN(C(=O)C(C)Oc1cccnc1)C1CCNCC1. The molecule has 1 aliphatic heterocycles. The van der Waals surface area contributed by atoms with E-state index in [2.05, 4.69) is 17.2 Å². The Morgan fingerprint density at radius 1 is 1.52 bits per heavy atom. The second kappa shape index (κ2) is 7.98. The molecule has 0 aliphatic carbocycles. The summed E-state index contributed by atoms with van der Waals surface area (Å²) in [4.78, 5) is 18.7. The molecule has 116 valence electrons. The number of carbonyl (C=O) groups excluding carboxylic acids is 1. The molecule has 1 N–H and O–H groups in total. The van der Waals surface area contributed by atoms with E-state index in [-0.39, 0.29) is 5.91 Å². The van der Waals surface area contributed by atoms with Crippen LogP contribution >= 0.6 is 0 Å². The quantitative estimate of drug-likeness (QED) is 0.869. The molecule has 1 aliphatic rings. The third kappa shape index (κ3) is 4.43. The molecule has 1 fully saturated rings. The van der Waals surface area contributed by atoms with E-state index in [0.29, 0.717) is 11.8 Å². The highest BCUT2D eigenvalue weighted by atomic mass is 16.5. The molecule has 1 amide bonds. The lowest BCUT2D eigenvalue weighted by atomic mass is 10.0. The fourth-order valence-electron chi connectivity index (χ4n) is 2.74. The number of carbonyl (C=O) groups is 1. The summed E-state index contributed by atoms with van der Waals surface area (Å²) in [6.45, 7) is 6.68. The van der Waals surface area contributed by atoms with Crippen LogP contribution in [0.3, 0.4) is 0 Å². The van der Waals surface area contributed by atoms with Crippen LogP contribution < -0.4 is 10.1 Å². The van der Waals surface area contributed by atoms with Gasteiger partial charge >= 0.3 is 0 Å². The molecule has 5 nitrogen and oxygen atoms in total. The summed E-state index contributed by atoms with van der Waals surface area (Å²) in [5.74, 6) is 0.715. The Morgan fingerprint density at radius 3 is 2.90 bits per heavy atom. The van der Waals surface area contributed by atoms with E-state index in [9.17, 15) is 4.79 Å². The lowest BCUT2D eigenvalue weighted by Gasteiger charge is -2.36. The van der Waals surface area contributed by atoms with E-state index in [1.807, 2.05) is 24.0 Å². The Hall–Kier alpha value is -1.62. The van der Waals surface area contributed by atoms with Crippen LogP contribution in [-0.2, 0) is 4.79 Å². The molecular weight excluding hydrogens is 266 g/mol. The minimum atomic E-state index is -0.476. The predicted molar refractivity (Wildman–Crippen MR) is 82.2 cm³/mol. The third-order valence-electron chi connectivity index (χ3n) is 3.79. The van der Waals surface area contributed by atoms with Gasteiger partial charge in [-0.05, 0) is 51.4 Å². The molecule has 1 unspecified atom stereocenters. The summed E-state index contributed by atoms with van der Waals surface area (Å²) >= 11 is 0. The van der Waals surface area contributed by atoms with Crippen molar-refractivity contribution in [1.29, 1.82) is 0 Å². The number of hydrogen-bond donors (Lipinski definition) is 1. The van der Waals surface area contributed by atoms with Crippen LogP contribution in [0.1, 0.15) is 33.1 Å². The first kappa shape index (κ1) is 15.8. The summed E-state index contributed by atoms with van der Waals surface area (Å²) in [7, 11) is 0. The van der Waals surface area contributed by atoms with Crippen molar-refractivity contribution in [3.8, 4) is 5.75 Å². The molecule has 5 heteroatoms. The molecule has 0 radical (unpaired) electrons. The minimum Gasteiger partial charge on any atom is -0.479 e. The van der Waals surface area contributed by atoms with E-state index in [1.165, 1.54) is 0 Å². The van der Waals surface area contributed by atoms with Crippen LogP contribution in [0, 0.1) is 0 Å². The Balaban J connectivity index is 1.99. The van der Waals surface area contributed by atoms with Gasteiger partial charge in [-0.2, -0.15) is 0 Å². The fourth-order valence-corrected chi connectivity index (χ4v) is 2.74. The molecule has 0 bridgehead atoms. The highest BCUT2D eigenvalue weighted by Crippen LogP contribution is 2.16. The number of hydrogen-bond acceptors (Lipinski definition) is 4. The van der Waals surface area contributed by atoms with E-state index in [4.69, 9.17) is 4.74 Å². The molecule has 21 heavy (non-hydrogen) atoms. The monoisotopic (exact) mass is 291 g/mol. The summed E-state index contributed by atoms with van der Waals surface area (Å²) in [6, 6.07) is 3.97. The molecule has 1 atom stereocenters. The van der Waals surface area contributed by atoms with Crippen molar-refractivity contribution in [3.05, 3.63) is 24.5 Å². The number of piperidine rings is 1. The molecule has 0 aromatic carbocycles. The maximum atomic E-state index is 12.7. The minimum absolute atomic E-state index is 0.0765. The van der Waals surface area contributed by atoms with Crippen LogP contribution in [0.25, 0.3) is 0 Å². The summed E-state index contributed by atoms with van der Waals surface area (Å²) < 4.78 is 5.72. The largest absolute Gasteiger partial charge is 0.479 e. The Kier molecular flexibility index (Phi) is 5.99. The number of ether oxygens (including phenoxy) is 1. The van der Waals surface area contributed by atoms with Crippen molar-refractivity contribution in [2.75, 3.05) is 19.6 Å². The van der Waals surface area contributed by atoms with Crippen LogP contribution in [0.2, 0.25) is 0 Å². The van der Waals surface area contributed by atoms with E-state index >= 15 is 0 Å². The van der Waals surface area contributed by atoms with Crippen molar-refractivity contribution in [3.63, 3.8) is 0 Å². The van der Waals surface area contributed by atoms with Crippen LogP contribution in [0.5, 0.6) is 5.75 Å². The Labute approximate surface area is 126 Å². The number of nitrogens with zero attached hydrogens (tertiary/aromatic N) is 2. The van der Waals surface area contributed by atoms with Crippen molar-refractivity contribution in [2.45, 2.75) is 45.3 Å². The maximum absolute atomic E-state index is 12.7. The van der Waals surface area contributed by atoms with Gasteiger partial charge in [0.05, 0.1) is 6.20 Å². The van der Waals surface area contributed by atoms with E-state index < -0.39 is 6.10 Å². The topological polar surface area (TPSA) is 54.5 Å². The van der Waals surface area contributed by atoms with Gasteiger partial charge in [0.15, 0.2) is 6.10 Å². The molecule has 2 heterocycles. The Morgan fingerprint density at radius 2 is 2.29 bits per heavy atom. The smallest absolute Gasteiger partial charge is 0.263 e. The number of rotatable bonds is 6. The second-order valence-corrected chi connectivity index (χ2v) is 5.46. The van der Waals surface area contributed by atoms with Gasteiger partial charge in [0, 0.05) is 18.8 Å². The van der Waals surface area contributed by atoms with Crippen molar-refractivity contribution in [2.24, 2.45) is 0 Å². The lowest BCUT2D eigenvalue weighted by molar-refractivity contribution is -0.141. The first-order valence-corrected chi connectivity index (χ1v) is 7.80. The molecule has 0 saturated carbocycles. The van der Waals surface area contributed by atoms with Crippen LogP contribution in [0.15, 0.2) is 24.5 Å². The van der Waals surface area contributed by atoms with Crippen molar-refractivity contribution in [1.82, 2.24) is 15.2 Å². The van der Waals surface area contributed by atoms with Gasteiger partial charge in [-0.3, -0.25) is 9.78 Å². The average Bonchev–Trinajstić information content (AvgIpc) is 2.53. The summed E-state index contributed by atoms with van der Waals surface area (Å²) in [6.07, 6.45) is 5.86. The second-order valence-electron chi connectivity index (χ2n) is 5.46. The molecule has 0 spiro atoms. The molecular formula is C16H25N3O2. The fraction of sp³-hybridized carbons (Fsp3) is 0.625. The molecule has 1 aromatic rings. The third-order valence-corrected chi connectivity index (χ3v) is 3.79. The molecule has 1 aromatic heterocycles. The van der Waals surface area contributed by atoms with Crippen molar-refractivity contribution < 1.29 is 9.53 Å². The average molecular weight is 291 g/mol. The zero-order valence-electron chi connectivity index (χ0n) is 12.9. The highest BCUT2D eigenvalue weighted by molar-refractivity contribution is 5.81. The Bertz CT molecular complexity index is 432. The van der Waals surface area contributed by atoms with Gasteiger partial charge in [0.2, 0.25) is 0 Å². The summed E-state index contributed by atoms with van der Waals surface area (Å²) in [5, 5.41) is 3.34. The number of pyridine rings is 1. The molecule has 2 rings (SSSR count). The predicted octanol–water partition coefficient (Wildman–Crippen LogP) is 1.84. The summed E-state index contributed by atoms with van der Waals surface area (Å²) in [5.41, 5.74) is 0.